The second-order valence-electron chi connectivity index (χ2n) is 5.26. The molecule has 0 rings (SSSR count). The van der Waals surface area contributed by atoms with E-state index in [0.717, 1.165) is 13.3 Å². The van der Waals surface area contributed by atoms with Crippen molar-refractivity contribution in [2.24, 2.45) is 0 Å². The molecule has 20 heavy (non-hydrogen) atoms. The first-order valence-electron chi connectivity index (χ1n) is 8.13. The number of aliphatic carboxylic acids is 1. The van der Waals surface area contributed by atoms with Crippen LogP contribution in [0.4, 0.5) is 0 Å². The van der Waals surface area contributed by atoms with Crippen molar-refractivity contribution in [2.45, 2.75) is 97.3 Å². The van der Waals surface area contributed by atoms with Crippen LogP contribution in [-0.4, -0.2) is 11.1 Å². The predicted molar refractivity (Wildman–Crippen MR) is 84.4 cm³/mol. The number of hydrogen-bond donors (Lipinski definition) is 1. The third kappa shape index (κ3) is 36.1. The zero-order chi connectivity index (χ0) is 14.8. The average molecular weight is 330 g/mol. The summed E-state index contributed by atoms with van der Waals surface area (Å²) < 4.78 is 0. The fourth-order valence-electron chi connectivity index (χ4n) is 2.02. The summed E-state index contributed by atoms with van der Waals surface area (Å²) in [5.41, 5.74) is 0. The molecule has 0 bridgehead atoms. The summed E-state index contributed by atoms with van der Waals surface area (Å²) >= 11 is 0. The van der Waals surface area contributed by atoms with Crippen molar-refractivity contribution in [3.8, 4) is 0 Å². The van der Waals surface area contributed by atoms with Crippen LogP contribution in [0.25, 0.3) is 0 Å². The normalized spacial score (nSPS) is 9.35. The van der Waals surface area contributed by atoms with Gasteiger partial charge in [-0.15, -0.1) is 0 Å². The summed E-state index contributed by atoms with van der Waals surface area (Å²) in [7, 11) is 0. The van der Waals surface area contributed by atoms with Crippen LogP contribution in [0.1, 0.15) is 97.3 Å². The molecule has 0 saturated carbocycles. The predicted octanol–water partition coefficient (Wildman–Crippen LogP) is 6.00. The van der Waals surface area contributed by atoms with Crippen molar-refractivity contribution < 1.29 is 26.7 Å². The fourth-order valence-corrected chi connectivity index (χ4v) is 2.02. The maximum Gasteiger partial charge on any atom is 0.300 e. The molecule has 0 saturated heterocycles. The van der Waals surface area contributed by atoms with Gasteiger partial charge in [0.25, 0.3) is 5.97 Å². The number of carbonyl (C=O) groups is 1. The van der Waals surface area contributed by atoms with E-state index in [1.807, 2.05) is 0 Å². The van der Waals surface area contributed by atoms with Gasteiger partial charge in [-0.25, -0.2) is 0 Å². The minimum atomic E-state index is -0.833. The second-order valence-corrected chi connectivity index (χ2v) is 5.26. The number of carboxylic acids is 1. The van der Waals surface area contributed by atoms with Crippen molar-refractivity contribution in [3.63, 3.8) is 0 Å². The molecule has 0 aliphatic carbocycles. The zero-order valence-electron chi connectivity index (χ0n) is 13.6. The van der Waals surface area contributed by atoms with Crippen molar-refractivity contribution >= 4 is 5.97 Å². The van der Waals surface area contributed by atoms with Crippen LogP contribution in [0.5, 0.6) is 0 Å². The number of hydrogen-bond acceptors (Lipinski definition) is 1. The van der Waals surface area contributed by atoms with E-state index in [-0.39, 0.29) is 16.8 Å². The first-order valence-corrected chi connectivity index (χ1v) is 8.13. The van der Waals surface area contributed by atoms with Crippen LogP contribution >= 0.6 is 0 Å². The Morgan fingerprint density at radius 2 is 1.05 bits per heavy atom. The maximum atomic E-state index is 9.00. The van der Waals surface area contributed by atoms with Gasteiger partial charge in [-0.3, -0.25) is 4.79 Å². The number of carboxylic acid groups (broad SMARTS) is 1. The van der Waals surface area contributed by atoms with Gasteiger partial charge in [-0.1, -0.05) is 84.0 Å². The molecule has 0 atom stereocenters. The average Bonchev–Trinajstić information content (AvgIpc) is 2.35. The molecule has 3 heteroatoms. The summed E-state index contributed by atoms with van der Waals surface area (Å²) in [6.07, 6.45) is 18.3. The van der Waals surface area contributed by atoms with Gasteiger partial charge < -0.3 is 12.0 Å². The minimum Gasteiger partial charge on any atom is -0.481 e. The van der Waals surface area contributed by atoms with Gasteiger partial charge in [0.1, 0.15) is 0 Å². The monoisotopic (exact) mass is 330 g/mol. The second kappa shape index (κ2) is 24.0. The molecule has 0 aliphatic heterocycles. The summed E-state index contributed by atoms with van der Waals surface area (Å²) in [4.78, 5) is 9.00. The summed E-state index contributed by atoms with van der Waals surface area (Å²) in [5, 5.41) is 7.42. The summed E-state index contributed by atoms with van der Waals surface area (Å²) in [6, 6.07) is 0. The Kier molecular flexibility index (Phi) is 30.0. The molecule has 0 heterocycles. The van der Waals surface area contributed by atoms with E-state index >= 15 is 0 Å². The van der Waals surface area contributed by atoms with Gasteiger partial charge in [0, 0.05) is 23.7 Å². The van der Waals surface area contributed by atoms with Crippen molar-refractivity contribution in [1.29, 1.82) is 0 Å². The Morgan fingerprint density at radius 3 is 1.30 bits per heavy atom. The first kappa shape index (κ1) is 25.0. The van der Waals surface area contributed by atoms with Crippen LogP contribution in [-0.2, 0) is 21.6 Å². The van der Waals surface area contributed by atoms with Crippen LogP contribution in [0.3, 0.4) is 0 Å². The fraction of sp³-hybridized carbons (Fsp3) is 0.882. The van der Waals surface area contributed by atoms with Gasteiger partial charge in [0.15, 0.2) is 0 Å². The van der Waals surface area contributed by atoms with Gasteiger partial charge >= 0.3 is 0 Å². The molecule has 0 spiro atoms. The van der Waals surface area contributed by atoms with E-state index < -0.39 is 5.97 Å². The molecule has 0 unspecified atom stereocenters. The van der Waals surface area contributed by atoms with Crippen molar-refractivity contribution in [2.75, 3.05) is 0 Å². The van der Waals surface area contributed by atoms with Gasteiger partial charge in [-0.05, 0) is 0 Å². The van der Waals surface area contributed by atoms with Crippen LogP contribution in [0, 0.1) is 6.92 Å². The number of rotatable bonds is 12. The molecular formula is C17H35CoO2-. The largest absolute Gasteiger partial charge is 0.481 e. The molecular weight excluding hydrogens is 295 g/mol. The molecule has 0 aromatic rings. The molecule has 1 N–H and O–H groups in total. The Balaban J connectivity index is -0.000000508. The molecule has 1 radical (unpaired) electrons. The zero-order valence-corrected chi connectivity index (χ0v) is 14.6. The van der Waals surface area contributed by atoms with Crippen LogP contribution in [0.2, 0.25) is 0 Å². The Labute approximate surface area is 137 Å². The van der Waals surface area contributed by atoms with Gasteiger partial charge in [0.2, 0.25) is 0 Å². The van der Waals surface area contributed by atoms with Gasteiger partial charge in [-0.2, -0.15) is 6.42 Å². The molecule has 0 aliphatic rings. The molecule has 0 aromatic heterocycles. The summed E-state index contributed by atoms with van der Waals surface area (Å²) in [6.45, 7) is 7.24. The maximum absolute atomic E-state index is 9.00. The summed E-state index contributed by atoms with van der Waals surface area (Å²) in [5.74, 6) is -0.833. The standard InChI is InChI=1S/C15H31.C2H4O2.Co/c1-3-5-7-9-11-13-15-14-12-10-8-6-4-2;1-2(3)4;/h1,3-15H2,2H3;1H3,(H,3,4);/q-1;;. The van der Waals surface area contributed by atoms with E-state index in [9.17, 15) is 0 Å². The van der Waals surface area contributed by atoms with E-state index in [4.69, 9.17) is 9.90 Å². The Bertz CT molecular complexity index is 156. The minimum absolute atomic E-state index is 0. The third-order valence-corrected chi connectivity index (χ3v) is 3.10. The first-order chi connectivity index (χ1) is 9.15. The van der Waals surface area contributed by atoms with Gasteiger partial charge in [0.05, 0.1) is 0 Å². The molecule has 2 nitrogen and oxygen atoms in total. The van der Waals surface area contributed by atoms with E-state index in [2.05, 4.69) is 13.8 Å². The Hall–Kier alpha value is -0.0235. The van der Waals surface area contributed by atoms with E-state index in [1.54, 1.807) is 0 Å². The van der Waals surface area contributed by atoms with Crippen molar-refractivity contribution in [3.05, 3.63) is 6.92 Å². The number of unbranched alkanes of at least 4 members (excludes halogenated alkanes) is 12. The van der Waals surface area contributed by atoms with E-state index in [1.165, 1.54) is 77.0 Å². The SMILES string of the molecule is CC(=O)O.[CH2-]CCCCCCCCCCCCCC.[Co]. The van der Waals surface area contributed by atoms with E-state index in [0.29, 0.717) is 0 Å². The van der Waals surface area contributed by atoms with Crippen LogP contribution in [0.15, 0.2) is 0 Å². The molecule has 0 aromatic carbocycles. The quantitative estimate of drug-likeness (QED) is 0.352. The Morgan fingerprint density at radius 1 is 0.800 bits per heavy atom. The molecule has 125 valence electrons. The third-order valence-electron chi connectivity index (χ3n) is 3.10. The van der Waals surface area contributed by atoms with Crippen LogP contribution < -0.4 is 0 Å². The molecule has 0 fully saturated rings. The molecule has 0 amide bonds. The topological polar surface area (TPSA) is 37.3 Å². The van der Waals surface area contributed by atoms with Crippen molar-refractivity contribution in [1.82, 2.24) is 0 Å². The smallest absolute Gasteiger partial charge is 0.300 e.